The highest BCUT2D eigenvalue weighted by atomic mass is 16.2. The fraction of sp³-hybridized carbons (Fsp3) is 0.524. The van der Waals surface area contributed by atoms with E-state index in [0.29, 0.717) is 11.1 Å². The molecule has 0 aromatic heterocycles. The monoisotopic (exact) mass is 398 g/mol. The van der Waals surface area contributed by atoms with Crippen LogP contribution in [0.15, 0.2) is 18.2 Å². The summed E-state index contributed by atoms with van der Waals surface area (Å²) in [6.45, 7) is 7.02. The number of fused-ring (bicyclic) bond motifs is 1. The lowest BCUT2D eigenvalue weighted by molar-refractivity contribution is -0.136. The van der Waals surface area contributed by atoms with Gasteiger partial charge in [-0.15, -0.1) is 0 Å². The Morgan fingerprint density at radius 3 is 2.41 bits per heavy atom. The van der Waals surface area contributed by atoms with Gasteiger partial charge in [-0.3, -0.25) is 34.3 Å². The number of carbonyl (C=O) groups excluding carboxylic acids is 4. The highest BCUT2D eigenvalue weighted by molar-refractivity contribution is 6.23. The van der Waals surface area contributed by atoms with Gasteiger partial charge in [-0.05, 0) is 37.6 Å². The van der Waals surface area contributed by atoms with E-state index in [9.17, 15) is 19.2 Å². The molecule has 3 heterocycles. The summed E-state index contributed by atoms with van der Waals surface area (Å²) in [5.41, 5.74) is 1.58. The molecule has 3 aliphatic rings. The fourth-order valence-electron chi connectivity index (χ4n) is 4.27. The zero-order valence-corrected chi connectivity index (χ0v) is 16.6. The van der Waals surface area contributed by atoms with Gasteiger partial charge in [-0.2, -0.15) is 0 Å². The Morgan fingerprint density at radius 1 is 1.00 bits per heavy atom. The van der Waals surface area contributed by atoms with E-state index >= 15 is 0 Å². The third kappa shape index (κ3) is 3.64. The van der Waals surface area contributed by atoms with Gasteiger partial charge in [0.25, 0.3) is 11.8 Å². The van der Waals surface area contributed by atoms with Gasteiger partial charge in [0.05, 0.1) is 11.1 Å². The third-order valence-corrected chi connectivity index (χ3v) is 5.99. The molecule has 0 saturated carbocycles. The van der Waals surface area contributed by atoms with Gasteiger partial charge < -0.3 is 4.90 Å². The average Bonchev–Trinajstić information content (AvgIpc) is 2.97. The number of benzene rings is 1. The zero-order chi connectivity index (χ0) is 20.5. The third-order valence-electron chi connectivity index (χ3n) is 5.99. The molecule has 0 aliphatic carbocycles. The van der Waals surface area contributed by atoms with Crippen LogP contribution in [0.4, 0.5) is 5.69 Å². The number of rotatable bonds is 5. The number of nitrogens with one attached hydrogen (secondary N) is 1. The predicted molar refractivity (Wildman–Crippen MR) is 107 cm³/mol. The first-order valence-electron chi connectivity index (χ1n) is 10.3. The molecule has 3 aliphatic heterocycles. The summed E-state index contributed by atoms with van der Waals surface area (Å²) in [6.07, 6.45) is 2.68. The molecule has 154 valence electrons. The molecule has 2 fully saturated rings. The first-order chi connectivity index (χ1) is 14.0. The van der Waals surface area contributed by atoms with Crippen LogP contribution in [-0.4, -0.2) is 72.2 Å². The summed E-state index contributed by atoms with van der Waals surface area (Å²) < 4.78 is 0. The Labute approximate surface area is 169 Å². The topological polar surface area (TPSA) is 90.0 Å². The van der Waals surface area contributed by atoms with Gasteiger partial charge in [0.15, 0.2) is 0 Å². The Morgan fingerprint density at radius 2 is 1.72 bits per heavy atom. The smallest absolute Gasteiger partial charge is 0.262 e. The number of hydrogen-bond donors (Lipinski definition) is 1. The van der Waals surface area contributed by atoms with Crippen molar-refractivity contribution in [2.75, 3.05) is 37.6 Å². The van der Waals surface area contributed by atoms with Crippen molar-refractivity contribution < 1.29 is 19.2 Å². The molecular weight excluding hydrogens is 372 g/mol. The van der Waals surface area contributed by atoms with E-state index in [4.69, 9.17) is 0 Å². The molecule has 0 radical (unpaired) electrons. The predicted octanol–water partition coefficient (Wildman–Crippen LogP) is 1.01. The molecule has 4 amide bonds. The lowest BCUT2D eigenvalue weighted by Gasteiger charge is -2.36. The van der Waals surface area contributed by atoms with E-state index < -0.39 is 23.8 Å². The Kier molecular flexibility index (Phi) is 5.36. The summed E-state index contributed by atoms with van der Waals surface area (Å²) in [5.74, 6) is -1.87. The van der Waals surface area contributed by atoms with E-state index in [-0.39, 0.29) is 18.7 Å². The molecule has 1 N–H and O–H groups in total. The molecule has 1 aromatic carbocycles. The molecule has 4 rings (SSSR count). The molecule has 8 heteroatoms. The molecule has 0 bridgehead atoms. The van der Waals surface area contributed by atoms with E-state index in [1.807, 2.05) is 6.07 Å². The number of imide groups is 2. The number of anilines is 1. The summed E-state index contributed by atoms with van der Waals surface area (Å²) in [7, 11) is 0. The number of nitrogens with zero attached hydrogens (tertiary/aromatic N) is 3. The van der Waals surface area contributed by atoms with Crippen molar-refractivity contribution in [3.8, 4) is 0 Å². The van der Waals surface area contributed by atoms with E-state index in [2.05, 4.69) is 22.0 Å². The Hall–Kier alpha value is -2.74. The number of hydrogen-bond acceptors (Lipinski definition) is 6. The van der Waals surface area contributed by atoms with Crippen molar-refractivity contribution in [2.24, 2.45) is 0 Å². The number of carbonyl (C=O) groups is 4. The van der Waals surface area contributed by atoms with E-state index in [0.717, 1.165) is 43.3 Å². The maximum absolute atomic E-state index is 13.0. The second-order valence-electron chi connectivity index (χ2n) is 7.86. The Balaban J connectivity index is 1.49. The van der Waals surface area contributed by atoms with Crippen LogP contribution in [0.5, 0.6) is 0 Å². The highest BCUT2D eigenvalue weighted by Gasteiger charge is 2.44. The maximum Gasteiger partial charge on any atom is 0.262 e. The maximum atomic E-state index is 13.0. The minimum Gasteiger partial charge on any atom is -0.369 e. The molecule has 8 nitrogen and oxygen atoms in total. The van der Waals surface area contributed by atoms with Crippen LogP contribution in [-0.2, 0) is 9.59 Å². The second-order valence-corrected chi connectivity index (χ2v) is 7.86. The van der Waals surface area contributed by atoms with E-state index in [1.165, 1.54) is 12.8 Å². The summed E-state index contributed by atoms with van der Waals surface area (Å²) >= 11 is 0. The second kappa shape index (κ2) is 7.94. The van der Waals surface area contributed by atoms with Crippen LogP contribution >= 0.6 is 0 Å². The van der Waals surface area contributed by atoms with Crippen molar-refractivity contribution in [1.82, 2.24) is 15.1 Å². The Bertz CT molecular complexity index is 860. The molecule has 1 atom stereocenters. The first-order valence-corrected chi connectivity index (χ1v) is 10.3. The van der Waals surface area contributed by atoms with Crippen LogP contribution in [0.25, 0.3) is 0 Å². The van der Waals surface area contributed by atoms with E-state index in [1.54, 1.807) is 12.1 Å². The molecule has 1 unspecified atom stereocenters. The van der Waals surface area contributed by atoms with Crippen molar-refractivity contribution in [1.29, 1.82) is 0 Å². The minimum atomic E-state index is -0.925. The standard InChI is InChI=1S/C21H26N4O4/c1-2-3-8-23-9-11-24(12-10-23)14-4-5-15-16(13-14)21(29)25(20(15)28)17-6-7-18(26)22-19(17)27/h4-5,13,17H,2-3,6-12H2,1H3,(H,22,26,27). The summed E-state index contributed by atoms with van der Waals surface area (Å²) in [4.78, 5) is 55.0. The minimum absolute atomic E-state index is 0.122. The van der Waals surface area contributed by atoms with Crippen molar-refractivity contribution in [3.05, 3.63) is 29.3 Å². The number of piperazine rings is 1. The van der Waals surface area contributed by atoms with Crippen LogP contribution < -0.4 is 10.2 Å². The van der Waals surface area contributed by atoms with Gasteiger partial charge in [0.2, 0.25) is 11.8 Å². The zero-order valence-electron chi connectivity index (χ0n) is 16.6. The van der Waals surface area contributed by atoms with Gasteiger partial charge in [-0.1, -0.05) is 13.3 Å². The van der Waals surface area contributed by atoms with Gasteiger partial charge in [0.1, 0.15) is 6.04 Å². The SMILES string of the molecule is CCCCN1CCN(c2ccc3c(c2)C(=O)N(C2CCC(=O)NC2=O)C3=O)CC1. The number of unbranched alkanes of at least 4 members (excludes halogenated alkanes) is 1. The first kappa shape index (κ1) is 19.6. The molecular formula is C21H26N4O4. The summed E-state index contributed by atoms with van der Waals surface area (Å²) in [5, 5.41) is 2.22. The molecule has 2 saturated heterocycles. The van der Waals surface area contributed by atoms with Crippen molar-refractivity contribution in [2.45, 2.75) is 38.6 Å². The number of piperidine rings is 1. The normalized spacial score (nSPS) is 22.9. The van der Waals surface area contributed by atoms with Crippen molar-refractivity contribution in [3.63, 3.8) is 0 Å². The lowest BCUT2D eigenvalue weighted by atomic mass is 10.0. The van der Waals surface area contributed by atoms with Gasteiger partial charge in [-0.25, -0.2) is 0 Å². The van der Waals surface area contributed by atoms with Gasteiger partial charge in [0, 0.05) is 38.3 Å². The highest BCUT2D eigenvalue weighted by Crippen LogP contribution is 2.31. The quantitative estimate of drug-likeness (QED) is 0.745. The largest absolute Gasteiger partial charge is 0.369 e. The van der Waals surface area contributed by atoms with Crippen molar-refractivity contribution >= 4 is 29.3 Å². The fourth-order valence-corrected chi connectivity index (χ4v) is 4.27. The van der Waals surface area contributed by atoms with Crippen LogP contribution in [0, 0.1) is 0 Å². The van der Waals surface area contributed by atoms with Crippen LogP contribution in [0.3, 0.4) is 0 Å². The lowest BCUT2D eigenvalue weighted by Crippen LogP contribution is -2.54. The molecule has 1 aromatic rings. The molecule has 29 heavy (non-hydrogen) atoms. The molecule has 0 spiro atoms. The average molecular weight is 398 g/mol. The van der Waals surface area contributed by atoms with Gasteiger partial charge >= 0.3 is 0 Å². The number of amides is 4. The van der Waals surface area contributed by atoms with Crippen LogP contribution in [0.1, 0.15) is 53.3 Å². The van der Waals surface area contributed by atoms with Crippen LogP contribution in [0.2, 0.25) is 0 Å². The summed E-state index contributed by atoms with van der Waals surface area (Å²) in [6, 6.07) is 4.40.